The summed E-state index contributed by atoms with van der Waals surface area (Å²) in [5.74, 6) is -0.942. The maximum atomic E-state index is 13.1. The molecule has 1 aromatic rings. The van der Waals surface area contributed by atoms with Crippen LogP contribution in [0.1, 0.15) is 27.2 Å². The van der Waals surface area contributed by atoms with E-state index in [1.807, 2.05) is 13.8 Å². The van der Waals surface area contributed by atoms with Gasteiger partial charge in [-0.3, -0.25) is 19.2 Å². The van der Waals surface area contributed by atoms with E-state index < -0.39 is 5.92 Å². The summed E-state index contributed by atoms with van der Waals surface area (Å²) in [6.45, 7) is 6.02. The minimum Gasteiger partial charge on any atom is -0.351 e. The fourth-order valence-electron chi connectivity index (χ4n) is 5.15. The largest absolute Gasteiger partial charge is 0.351 e. The van der Waals surface area contributed by atoms with Crippen LogP contribution in [0.2, 0.25) is 0 Å². The van der Waals surface area contributed by atoms with Crippen LogP contribution in [0.25, 0.3) is 0 Å². The maximum Gasteiger partial charge on any atom is 0.242 e. The number of likely N-dealkylation sites (N-methyl/N-ethyl adjacent to an activating group) is 1. The van der Waals surface area contributed by atoms with Gasteiger partial charge in [-0.2, -0.15) is 5.10 Å². The molecule has 12 heteroatoms. The number of hydrogen-bond donors (Lipinski definition) is 2. The van der Waals surface area contributed by atoms with Crippen LogP contribution in [0.5, 0.6) is 0 Å². The van der Waals surface area contributed by atoms with Crippen molar-refractivity contribution in [3.05, 3.63) is 23.3 Å². The number of thioether (sulfide) groups is 1. The molecule has 2 N–H and O–H groups in total. The molecule has 0 bridgehead atoms. The molecule has 2 saturated heterocycles. The molecule has 3 aliphatic heterocycles. The number of Topliss-reactive ketones (excluding diaryl/α,β-unsaturated/α-hetero) is 1. The van der Waals surface area contributed by atoms with Crippen LogP contribution in [0.4, 0.5) is 0 Å². The van der Waals surface area contributed by atoms with Gasteiger partial charge in [-0.25, -0.2) is 9.67 Å². The van der Waals surface area contributed by atoms with E-state index in [-0.39, 0.29) is 59.3 Å². The van der Waals surface area contributed by atoms with Gasteiger partial charge in [0.15, 0.2) is 5.78 Å². The number of aromatic nitrogens is 3. The number of nitrogens with one attached hydrogen (secondary N) is 2. The van der Waals surface area contributed by atoms with E-state index in [0.29, 0.717) is 18.7 Å². The molecule has 0 spiro atoms. The molecule has 0 aliphatic carbocycles. The average molecular weight is 490 g/mol. The van der Waals surface area contributed by atoms with Crippen molar-refractivity contribution in [3.63, 3.8) is 0 Å². The Bertz CT molecular complexity index is 1020. The molecule has 1 aromatic heterocycles. The second-order valence-corrected chi connectivity index (χ2v) is 10.7. The summed E-state index contributed by atoms with van der Waals surface area (Å²) in [6, 6.07) is -0.804. The highest BCUT2D eigenvalue weighted by Gasteiger charge is 2.59. The van der Waals surface area contributed by atoms with Crippen molar-refractivity contribution < 1.29 is 19.2 Å². The van der Waals surface area contributed by atoms with Gasteiger partial charge < -0.3 is 20.4 Å². The zero-order valence-corrected chi connectivity index (χ0v) is 20.8. The van der Waals surface area contributed by atoms with E-state index in [0.717, 1.165) is 4.91 Å². The molecule has 2 fully saturated rings. The molecule has 3 amide bonds. The topological polar surface area (TPSA) is 130 Å². The van der Waals surface area contributed by atoms with Gasteiger partial charge in [-0.1, -0.05) is 6.92 Å². The molecule has 4 rings (SSSR count). The lowest BCUT2D eigenvalue weighted by molar-refractivity contribution is -0.156. The van der Waals surface area contributed by atoms with Crippen molar-refractivity contribution in [1.82, 2.24) is 35.2 Å². The Labute approximate surface area is 202 Å². The van der Waals surface area contributed by atoms with E-state index in [9.17, 15) is 19.2 Å². The summed E-state index contributed by atoms with van der Waals surface area (Å²) < 4.78 is 1.42. The molecule has 0 unspecified atom stereocenters. The molecular weight excluding hydrogens is 458 g/mol. The number of hydrogen-bond acceptors (Lipinski definition) is 8. The zero-order valence-electron chi connectivity index (χ0n) is 20.0. The number of rotatable bonds is 8. The van der Waals surface area contributed by atoms with Crippen LogP contribution in [0.3, 0.4) is 0 Å². The first kappa shape index (κ1) is 24.4. The predicted octanol–water partition coefficient (Wildman–Crippen LogP) is -0.388. The first-order chi connectivity index (χ1) is 16.1. The third-order valence-corrected chi connectivity index (χ3v) is 8.26. The fourth-order valence-corrected chi connectivity index (χ4v) is 6.69. The summed E-state index contributed by atoms with van der Waals surface area (Å²) in [5, 5.41) is 10.2. The highest BCUT2D eigenvalue weighted by atomic mass is 32.2. The predicted molar refractivity (Wildman–Crippen MR) is 125 cm³/mol. The smallest absolute Gasteiger partial charge is 0.242 e. The summed E-state index contributed by atoms with van der Waals surface area (Å²) in [6.07, 6.45) is 3.48. The first-order valence-corrected chi connectivity index (χ1v) is 12.3. The summed E-state index contributed by atoms with van der Waals surface area (Å²) >= 11 is 1.60. The molecule has 4 heterocycles. The summed E-state index contributed by atoms with van der Waals surface area (Å²) in [5.41, 5.74) is 0.465. The molecular formula is C22H31N7O4S. The third kappa shape index (κ3) is 4.36. The number of β-lactam (4-membered cyclic amide) rings is 1. The fraction of sp³-hybridized carbons (Fsp3) is 0.636. The van der Waals surface area contributed by atoms with Gasteiger partial charge in [-0.15, -0.1) is 11.8 Å². The van der Waals surface area contributed by atoms with Crippen LogP contribution in [-0.2, 0) is 25.7 Å². The highest BCUT2D eigenvalue weighted by Crippen LogP contribution is 2.52. The van der Waals surface area contributed by atoms with Crippen LogP contribution >= 0.6 is 11.8 Å². The highest BCUT2D eigenvalue weighted by molar-refractivity contribution is 8.03. The quantitative estimate of drug-likeness (QED) is 0.473. The first-order valence-electron chi connectivity index (χ1n) is 11.4. The van der Waals surface area contributed by atoms with Gasteiger partial charge in [0.25, 0.3) is 0 Å². The van der Waals surface area contributed by atoms with E-state index in [2.05, 4.69) is 20.7 Å². The number of carbonyl (C=O) groups excluding carboxylic acids is 4. The van der Waals surface area contributed by atoms with Gasteiger partial charge in [0.1, 0.15) is 19.2 Å². The Kier molecular flexibility index (Phi) is 6.81. The SMILES string of the molecule is CC(=O)C1=C(S[C@@H]2CN[C@H](C(=O)N(C)C)C2)[C@H](C)[C@H]2[C@@H]([C@@H](C)NC(=O)Cn3cncn3)C(=O)N12. The van der Waals surface area contributed by atoms with Crippen LogP contribution < -0.4 is 10.6 Å². The van der Waals surface area contributed by atoms with Gasteiger partial charge >= 0.3 is 0 Å². The van der Waals surface area contributed by atoms with Crippen molar-refractivity contribution in [2.24, 2.45) is 11.8 Å². The average Bonchev–Trinajstić information content (AvgIpc) is 3.48. The molecule has 11 nitrogen and oxygen atoms in total. The minimum absolute atomic E-state index is 0.0226. The molecule has 184 valence electrons. The van der Waals surface area contributed by atoms with Crippen LogP contribution in [0.15, 0.2) is 23.3 Å². The Morgan fingerprint density at radius 3 is 2.71 bits per heavy atom. The van der Waals surface area contributed by atoms with E-state index in [4.69, 9.17) is 0 Å². The molecule has 34 heavy (non-hydrogen) atoms. The summed E-state index contributed by atoms with van der Waals surface area (Å²) in [4.78, 5) is 58.4. The standard InChI is InChI=1S/C22H31N7O4S/c1-11-18-17(12(2)26-16(31)8-28-10-23-9-25-28)22(33)29(18)19(13(3)30)20(11)34-14-6-15(24-7-14)21(32)27(4)5/h9-12,14-15,17-18,24H,6-8H2,1-5H3,(H,26,31)/t11-,12-,14+,15+,17-,18+/m1/s1. The van der Waals surface area contributed by atoms with E-state index in [1.165, 1.54) is 24.3 Å². The lowest BCUT2D eigenvalue weighted by Gasteiger charge is -2.48. The normalized spacial score (nSPS) is 29.0. The Morgan fingerprint density at radius 1 is 1.35 bits per heavy atom. The Balaban J connectivity index is 1.44. The van der Waals surface area contributed by atoms with Crippen molar-refractivity contribution in [2.45, 2.75) is 57.1 Å². The number of fused-ring (bicyclic) bond motifs is 1. The van der Waals surface area contributed by atoms with Crippen LogP contribution in [0, 0.1) is 11.8 Å². The number of nitrogens with zero attached hydrogens (tertiary/aromatic N) is 5. The minimum atomic E-state index is -0.410. The van der Waals surface area contributed by atoms with Crippen molar-refractivity contribution in [3.8, 4) is 0 Å². The van der Waals surface area contributed by atoms with Gasteiger partial charge in [0.05, 0.1) is 23.7 Å². The van der Waals surface area contributed by atoms with Crippen molar-refractivity contribution in [2.75, 3.05) is 20.6 Å². The third-order valence-electron chi connectivity index (χ3n) is 6.74. The second-order valence-electron chi connectivity index (χ2n) is 9.40. The Morgan fingerprint density at radius 2 is 2.09 bits per heavy atom. The second kappa shape index (κ2) is 9.49. The molecule has 3 aliphatic rings. The summed E-state index contributed by atoms with van der Waals surface area (Å²) in [7, 11) is 3.48. The maximum absolute atomic E-state index is 13.1. The number of ketones is 1. The molecule has 0 aromatic carbocycles. The van der Waals surface area contributed by atoms with E-state index >= 15 is 0 Å². The Hall–Kier alpha value is -2.73. The van der Waals surface area contributed by atoms with Gasteiger partial charge in [0.2, 0.25) is 17.7 Å². The van der Waals surface area contributed by atoms with E-state index in [1.54, 1.807) is 35.7 Å². The van der Waals surface area contributed by atoms with Crippen molar-refractivity contribution >= 4 is 35.3 Å². The number of amides is 3. The monoisotopic (exact) mass is 489 g/mol. The van der Waals surface area contributed by atoms with Gasteiger partial charge in [-0.05, 0) is 13.3 Å². The van der Waals surface area contributed by atoms with Crippen molar-refractivity contribution in [1.29, 1.82) is 0 Å². The number of allylic oxidation sites excluding steroid dienone is 1. The molecule has 0 saturated carbocycles. The molecule has 6 atom stereocenters. The van der Waals surface area contributed by atoms with Crippen LogP contribution in [-0.4, -0.2) is 92.1 Å². The lowest BCUT2D eigenvalue weighted by Crippen LogP contribution is -2.66. The van der Waals surface area contributed by atoms with Gasteiger partial charge in [0, 0.05) is 49.7 Å². The lowest BCUT2D eigenvalue weighted by atomic mass is 9.78. The zero-order chi connectivity index (χ0) is 24.7. The molecule has 0 radical (unpaired) electrons. The number of carbonyl (C=O) groups is 4.